The van der Waals surface area contributed by atoms with E-state index in [1.165, 1.54) is 6.07 Å². The van der Waals surface area contributed by atoms with Gasteiger partial charge in [0.2, 0.25) is 10.0 Å². The van der Waals surface area contributed by atoms with Gasteiger partial charge in [-0.15, -0.1) is 0 Å². The molecule has 0 aliphatic heterocycles. The number of ether oxygens (including phenoxy) is 1. The molecule has 0 heterocycles. The van der Waals surface area contributed by atoms with Crippen LogP contribution in [0.1, 0.15) is 34.8 Å². The van der Waals surface area contributed by atoms with Crippen LogP contribution in [-0.2, 0) is 16.6 Å². The van der Waals surface area contributed by atoms with Crippen LogP contribution in [-0.4, -0.2) is 20.9 Å². The van der Waals surface area contributed by atoms with E-state index in [0.717, 1.165) is 12.0 Å². The Bertz CT molecular complexity index is 1150. The SMILES string of the molecule is CCCOc1ccccc1NC(=O)c1ccc(C)c(S(=O)(=O)NCc2ccccc2)c1. The first-order valence-electron chi connectivity index (χ1n) is 10.1. The largest absolute Gasteiger partial charge is 0.491 e. The minimum absolute atomic E-state index is 0.0756. The highest BCUT2D eigenvalue weighted by Gasteiger charge is 2.19. The molecule has 0 aliphatic carbocycles. The molecule has 0 spiro atoms. The van der Waals surface area contributed by atoms with Crippen molar-refractivity contribution in [3.05, 3.63) is 89.5 Å². The molecule has 0 saturated heterocycles. The van der Waals surface area contributed by atoms with E-state index >= 15 is 0 Å². The van der Waals surface area contributed by atoms with Crippen LogP contribution in [0, 0.1) is 6.92 Å². The van der Waals surface area contributed by atoms with Gasteiger partial charge < -0.3 is 10.1 Å². The number of benzene rings is 3. The number of nitrogens with one attached hydrogen (secondary N) is 2. The van der Waals surface area contributed by atoms with Gasteiger partial charge in [0.15, 0.2) is 0 Å². The smallest absolute Gasteiger partial charge is 0.255 e. The summed E-state index contributed by atoms with van der Waals surface area (Å²) in [6.07, 6.45) is 0.845. The average Bonchev–Trinajstić information content (AvgIpc) is 2.78. The fraction of sp³-hybridized carbons (Fsp3) is 0.208. The molecule has 3 rings (SSSR count). The summed E-state index contributed by atoms with van der Waals surface area (Å²) in [5, 5.41) is 2.81. The van der Waals surface area contributed by atoms with Crippen molar-refractivity contribution in [2.75, 3.05) is 11.9 Å². The lowest BCUT2D eigenvalue weighted by atomic mass is 10.1. The van der Waals surface area contributed by atoms with E-state index in [1.54, 1.807) is 37.3 Å². The molecule has 2 N–H and O–H groups in total. The molecule has 0 saturated carbocycles. The van der Waals surface area contributed by atoms with Crippen LogP contribution in [0.25, 0.3) is 0 Å². The Kier molecular flexibility index (Phi) is 7.44. The van der Waals surface area contributed by atoms with Crippen LogP contribution < -0.4 is 14.8 Å². The van der Waals surface area contributed by atoms with E-state index in [2.05, 4.69) is 10.0 Å². The van der Waals surface area contributed by atoms with Crippen molar-refractivity contribution in [3.8, 4) is 5.75 Å². The third-order valence-corrected chi connectivity index (χ3v) is 6.19. The lowest BCUT2D eigenvalue weighted by Crippen LogP contribution is -2.24. The maximum Gasteiger partial charge on any atom is 0.255 e. The number of aryl methyl sites for hydroxylation is 1. The van der Waals surface area contributed by atoms with E-state index in [-0.39, 0.29) is 17.0 Å². The topological polar surface area (TPSA) is 84.5 Å². The lowest BCUT2D eigenvalue weighted by Gasteiger charge is -2.14. The predicted octanol–water partition coefficient (Wildman–Crippen LogP) is 4.51. The molecular formula is C24H26N2O4S. The Morgan fingerprint density at radius 3 is 2.42 bits per heavy atom. The van der Waals surface area contributed by atoms with Gasteiger partial charge in [-0.25, -0.2) is 13.1 Å². The predicted molar refractivity (Wildman–Crippen MR) is 122 cm³/mol. The van der Waals surface area contributed by atoms with Crippen molar-refractivity contribution in [2.45, 2.75) is 31.7 Å². The Hall–Kier alpha value is -3.16. The minimum atomic E-state index is -3.79. The van der Waals surface area contributed by atoms with Crippen LogP contribution in [0.15, 0.2) is 77.7 Å². The van der Waals surface area contributed by atoms with Crippen molar-refractivity contribution in [3.63, 3.8) is 0 Å². The van der Waals surface area contributed by atoms with Gasteiger partial charge in [-0.2, -0.15) is 0 Å². The van der Waals surface area contributed by atoms with Crippen molar-refractivity contribution in [1.82, 2.24) is 4.72 Å². The maximum absolute atomic E-state index is 12.9. The molecule has 0 bridgehead atoms. The van der Waals surface area contributed by atoms with Crippen LogP contribution in [0.2, 0.25) is 0 Å². The number of anilines is 1. The third kappa shape index (κ3) is 5.93. The second-order valence-corrected chi connectivity index (χ2v) is 8.82. The second-order valence-electron chi connectivity index (χ2n) is 7.09. The van der Waals surface area contributed by atoms with Gasteiger partial charge in [-0.1, -0.05) is 55.5 Å². The molecular weight excluding hydrogens is 412 g/mol. The molecule has 3 aromatic rings. The number of amides is 1. The number of carbonyl (C=O) groups excluding carboxylic acids is 1. The third-order valence-electron chi connectivity index (χ3n) is 4.65. The highest BCUT2D eigenvalue weighted by molar-refractivity contribution is 7.89. The second kappa shape index (κ2) is 10.2. The molecule has 0 aromatic heterocycles. The van der Waals surface area contributed by atoms with Gasteiger partial charge >= 0.3 is 0 Å². The summed E-state index contributed by atoms with van der Waals surface area (Å²) >= 11 is 0. The molecule has 7 heteroatoms. The number of sulfonamides is 1. The maximum atomic E-state index is 12.9. The lowest BCUT2D eigenvalue weighted by molar-refractivity contribution is 0.102. The highest BCUT2D eigenvalue weighted by Crippen LogP contribution is 2.25. The zero-order chi connectivity index (χ0) is 22.3. The van der Waals surface area contributed by atoms with E-state index in [1.807, 2.05) is 43.3 Å². The summed E-state index contributed by atoms with van der Waals surface area (Å²) in [7, 11) is -3.79. The first-order valence-corrected chi connectivity index (χ1v) is 11.6. The van der Waals surface area contributed by atoms with Crippen LogP contribution in [0.4, 0.5) is 5.69 Å². The molecule has 3 aromatic carbocycles. The summed E-state index contributed by atoms with van der Waals surface area (Å²) in [6.45, 7) is 4.40. The zero-order valence-electron chi connectivity index (χ0n) is 17.6. The standard InChI is InChI=1S/C24H26N2O4S/c1-3-15-30-22-12-8-7-11-21(22)26-24(27)20-14-13-18(2)23(16-20)31(28,29)25-17-19-9-5-4-6-10-19/h4-14,16,25H,3,15,17H2,1-2H3,(H,26,27). The van der Waals surface area contributed by atoms with Gasteiger partial charge in [0.25, 0.3) is 5.91 Å². The Morgan fingerprint density at radius 1 is 0.968 bits per heavy atom. The van der Waals surface area contributed by atoms with Gasteiger partial charge in [0.1, 0.15) is 5.75 Å². The first kappa shape index (κ1) is 22.5. The number of hydrogen-bond acceptors (Lipinski definition) is 4. The molecule has 0 radical (unpaired) electrons. The van der Waals surface area contributed by atoms with Crippen LogP contribution >= 0.6 is 0 Å². The Labute approximate surface area is 183 Å². The molecule has 0 unspecified atom stereocenters. The number of para-hydroxylation sites is 2. The molecule has 1 amide bonds. The monoisotopic (exact) mass is 438 g/mol. The summed E-state index contributed by atoms with van der Waals surface area (Å²) in [6, 6.07) is 21.0. The minimum Gasteiger partial charge on any atom is -0.491 e. The van der Waals surface area contributed by atoms with Gasteiger partial charge in [0, 0.05) is 12.1 Å². The number of rotatable bonds is 9. The molecule has 0 aliphatic rings. The number of hydrogen-bond donors (Lipinski definition) is 2. The normalized spacial score (nSPS) is 11.2. The number of carbonyl (C=O) groups is 1. The molecule has 0 fully saturated rings. The fourth-order valence-electron chi connectivity index (χ4n) is 2.99. The Morgan fingerprint density at radius 2 is 1.68 bits per heavy atom. The zero-order valence-corrected chi connectivity index (χ0v) is 18.4. The Balaban J connectivity index is 1.79. The molecule has 0 atom stereocenters. The van der Waals surface area contributed by atoms with Gasteiger partial charge in [0.05, 0.1) is 17.2 Å². The van der Waals surface area contributed by atoms with E-state index in [4.69, 9.17) is 4.74 Å². The summed E-state index contributed by atoms with van der Waals surface area (Å²) in [5.41, 5.74) is 2.19. The summed E-state index contributed by atoms with van der Waals surface area (Å²) in [4.78, 5) is 12.9. The van der Waals surface area contributed by atoms with E-state index < -0.39 is 15.9 Å². The van der Waals surface area contributed by atoms with Gasteiger partial charge in [-0.05, 0) is 48.7 Å². The van der Waals surface area contributed by atoms with Crippen LogP contribution in [0.3, 0.4) is 0 Å². The van der Waals surface area contributed by atoms with Crippen molar-refractivity contribution >= 4 is 21.6 Å². The highest BCUT2D eigenvalue weighted by atomic mass is 32.2. The molecule has 31 heavy (non-hydrogen) atoms. The molecule has 6 nitrogen and oxygen atoms in total. The fourth-order valence-corrected chi connectivity index (χ4v) is 4.27. The van der Waals surface area contributed by atoms with Crippen molar-refractivity contribution in [2.24, 2.45) is 0 Å². The van der Waals surface area contributed by atoms with E-state index in [0.29, 0.717) is 23.6 Å². The average molecular weight is 439 g/mol. The van der Waals surface area contributed by atoms with Crippen molar-refractivity contribution < 1.29 is 17.9 Å². The van der Waals surface area contributed by atoms with Crippen LogP contribution in [0.5, 0.6) is 5.75 Å². The first-order chi connectivity index (χ1) is 14.9. The van der Waals surface area contributed by atoms with Crippen molar-refractivity contribution in [1.29, 1.82) is 0 Å². The summed E-state index contributed by atoms with van der Waals surface area (Å²) in [5.74, 6) is 0.161. The van der Waals surface area contributed by atoms with E-state index in [9.17, 15) is 13.2 Å². The quantitative estimate of drug-likeness (QED) is 0.515. The molecule has 162 valence electrons. The van der Waals surface area contributed by atoms with Gasteiger partial charge in [-0.3, -0.25) is 4.79 Å². The summed E-state index contributed by atoms with van der Waals surface area (Å²) < 4.78 is 34.0.